The van der Waals surface area contributed by atoms with Crippen LogP contribution in [-0.2, 0) is 4.79 Å². The lowest BCUT2D eigenvalue weighted by Gasteiger charge is -2.35. The molecule has 0 unspecified atom stereocenters. The maximum atomic E-state index is 13.5. The van der Waals surface area contributed by atoms with E-state index in [2.05, 4.69) is 5.32 Å². The Kier molecular flexibility index (Phi) is 1.75. The molecule has 5 heteroatoms. The second kappa shape index (κ2) is 2.68. The van der Waals surface area contributed by atoms with Crippen LogP contribution in [-0.4, -0.2) is 35.6 Å². The summed E-state index contributed by atoms with van der Waals surface area (Å²) in [6.45, 7) is -0.0629. The Morgan fingerprint density at radius 1 is 1.46 bits per heavy atom. The lowest BCUT2D eigenvalue weighted by atomic mass is 9.82. The summed E-state index contributed by atoms with van der Waals surface area (Å²) in [5.41, 5.74) is -1.31. The van der Waals surface area contributed by atoms with E-state index in [1.807, 2.05) is 0 Å². The summed E-state index contributed by atoms with van der Waals surface area (Å²) in [7, 11) is 0. The SMILES string of the molecule is O=C1CNC(=O)N1CC1(F)CCC1. The van der Waals surface area contributed by atoms with Crippen LogP contribution in [0.3, 0.4) is 0 Å². The predicted octanol–water partition coefficient (Wildman–Crippen LogP) is 0.430. The van der Waals surface area contributed by atoms with E-state index in [1.165, 1.54) is 0 Å². The van der Waals surface area contributed by atoms with Crippen molar-refractivity contribution in [2.24, 2.45) is 0 Å². The third kappa shape index (κ3) is 1.38. The first kappa shape index (κ1) is 8.47. The molecule has 0 radical (unpaired) electrons. The molecule has 1 saturated carbocycles. The number of alkyl halides is 1. The number of nitrogens with zero attached hydrogens (tertiary/aromatic N) is 1. The summed E-state index contributed by atoms with van der Waals surface area (Å²) < 4.78 is 13.5. The second-order valence-electron chi connectivity index (χ2n) is 3.64. The molecule has 2 aliphatic rings. The van der Waals surface area contributed by atoms with E-state index in [-0.39, 0.29) is 19.0 Å². The van der Waals surface area contributed by atoms with Gasteiger partial charge in [0.2, 0.25) is 5.91 Å². The van der Waals surface area contributed by atoms with E-state index >= 15 is 0 Å². The fraction of sp³-hybridized carbons (Fsp3) is 0.750. The van der Waals surface area contributed by atoms with Gasteiger partial charge in [-0.15, -0.1) is 0 Å². The van der Waals surface area contributed by atoms with Crippen LogP contribution in [0.2, 0.25) is 0 Å². The number of urea groups is 1. The highest BCUT2D eigenvalue weighted by Gasteiger charge is 2.43. The first-order valence-electron chi connectivity index (χ1n) is 4.38. The van der Waals surface area contributed by atoms with Gasteiger partial charge in [-0.1, -0.05) is 0 Å². The Hall–Kier alpha value is -1.13. The molecule has 0 bridgehead atoms. The minimum Gasteiger partial charge on any atom is -0.329 e. The van der Waals surface area contributed by atoms with E-state index in [0.29, 0.717) is 12.8 Å². The van der Waals surface area contributed by atoms with Crippen LogP contribution in [0, 0.1) is 0 Å². The van der Waals surface area contributed by atoms with Gasteiger partial charge in [0.15, 0.2) is 0 Å². The molecule has 0 aromatic heterocycles. The maximum absolute atomic E-state index is 13.5. The highest BCUT2D eigenvalue weighted by Crippen LogP contribution is 2.36. The van der Waals surface area contributed by atoms with Gasteiger partial charge in [0.25, 0.3) is 0 Å². The molecule has 3 amide bonds. The molecule has 1 aliphatic carbocycles. The van der Waals surface area contributed by atoms with Gasteiger partial charge in [-0.05, 0) is 19.3 Å². The van der Waals surface area contributed by atoms with Gasteiger partial charge < -0.3 is 5.32 Å². The van der Waals surface area contributed by atoms with Crippen LogP contribution in [0.4, 0.5) is 9.18 Å². The van der Waals surface area contributed by atoms with Gasteiger partial charge in [0.05, 0.1) is 13.1 Å². The fourth-order valence-corrected chi connectivity index (χ4v) is 1.62. The fourth-order valence-electron chi connectivity index (χ4n) is 1.62. The number of nitrogens with one attached hydrogen (secondary N) is 1. The predicted molar refractivity (Wildman–Crippen MR) is 42.8 cm³/mol. The van der Waals surface area contributed by atoms with Crippen LogP contribution in [0.5, 0.6) is 0 Å². The quantitative estimate of drug-likeness (QED) is 0.636. The van der Waals surface area contributed by atoms with Crippen molar-refractivity contribution < 1.29 is 14.0 Å². The highest BCUT2D eigenvalue weighted by molar-refractivity contribution is 6.02. The summed E-state index contributed by atoms with van der Waals surface area (Å²) in [6, 6.07) is -0.464. The Morgan fingerprint density at radius 3 is 2.54 bits per heavy atom. The molecule has 0 atom stereocenters. The largest absolute Gasteiger partial charge is 0.329 e. The average molecular weight is 186 g/mol. The van der Waals surface area contributed by atoms with Crippen molar-refractivity contribution in [3.63, 3.8) is 0 Å². The van der Waals surface area contributed by atoms with Crippen molar-refractivity contribution in [1.29, 1.82) is 0 Å². The molecule has 1 saturated heterocycles. The van der Waals surface area contributed by atoms with Crippen molar-refractivity contribution in [2.45, 2.75) is 24.9 Å². The van der Waals surface area contributed by atoms with E-state index in [1.54, 1.807) is 0 Å². The van der Waals surface area contributed by atoms with Crippen LogP contribution in [0.15, 0.2) is 0 Å². The van der Waals surface area contributed by atoms with Crippen LogP contribution >= 0.6 is 0 Å². The lowest BCUT2D eigenvalue weighted by Crippen LogP contribution is -2.47. The molecular formula is C8H11FN2O2. The third-order valence-electron chi connectivity index (χ3n) is 2.63. The monoisotopic (exact) mass is 186 g/mol. The molecule has 0 aromatic carbocycles. The zero-order valence-electron chi connectivity index (χ0n) is 7.18. The zero-order chi connectivity index (χ0) is 9.47. The Balaban J connectivity index is 2.00. The van der Waals surface area contributed by atoms with Crippen molar-refractivity contribution in [3.05, 3.63) is 0 Å². The smallest absolute Gasteiger partial charge is 0.324 e. The number of rotatable bonds is 2. The number of halogens is 1. The van der Waals surface area contributed by atoms with Crippen molar-refractivity contribution in [2.75, 3.05) is 13.1 Å². The van der Waals surface area contributed by atoms with E-state index < -0.39 is 11.7 Å². The Morgan fingerprint density at radius 2 is 2.15 bits per heavy atom. The van der Waals surface area contributed by atoms with Crippen LogP contribution in [0.25, 0.3) is 0 Å². The lowest BCUT2D eigenvalue weighted by molar-refractivity contribution is -0.127. The molecule has 0 spiro atoms. The molecule has 1 heterocycles. The topological polar surface area (TPSA) is 49.4 Å². The number of imide groups is 1. The number of hydrogen-bond acceptors (Lipinski definition) is 2. The Labute approximate surface area is 75.1 Å². The first-order valence-corrected chi connectivity index (χ1v) is 4.38. The Bertz CT molecular complexity index is 247. The summed E-state index contributed by atoms with van der Waals surface area (Å²) >= 11 is 0. The number of amides is 3. The van der Waals surface area contributed by atoms with E-state index in [4.69, 9.17) is 0 Å². The second-order valence-corrected chi connectivity index (χ2v) is 3.64. The highest BCUT2D eigenvalue weighted by atomic mass is 19.1. The molecule has 0 aromatic rings. The summed E-state index contributed by atoms with van der Waals surface area (Å²) in [5, 5.41) is 2.36. The van der Waals surface area contributed by atoms with Crippen molar-refractivity contribution in [3.8, 4) is 0 Å². The van der Waals surface area contributed by atoms with E-state index in [9.17, 15) is 14.0 Å². The number of carbonyl (C=O) groups is 2. The van der Waals surface area contributed by atoms with Gasteiger partial charge in [0.1, 0.15) is 5.67 Å². The van der Waals surface area contributed by atoms with Crippen molar-refractivity contribution >= 4 is 11.9 Å². The number of hydrogen-bond donors (Lipinski definition) is 1. The maximum Gasteiger partial charge on any atom is 0.324 e. The first-order chi connectivity index (χ1) is 6.11. The van der Waals surface area contributed by atoms with Crippen LogP contribution in [0.1, 0.15) is 19.3 Å². The normalized spacial score (nSPS) is 25.8. The molecule has 1 N–H and O–H groups in total. The van der Waals surface area contributed by atoms with Gasteiger partial charge in [0, 0.05) is 0 Å². The molecule has 72 valence electrons. The van der Waals surface area contributed by atoms with Gasteiger partial charge in [-0.2, -0.15) is 0 Å². The molecule has 4 nitrogen and oxygen atoms in total. The molecule has 2 rings (SSSR count). The zero-order valence-corrected chi connectivity index (χ0v) is 7.18. The van der Waals surface area contributed by atoms with Gasteiger partial charge in [-0.3, -0.25) is 9.69 Å². The number of carbonyl (C=O) groups excluding carboxylic acids is 2. The standard InChI is InChI=1S/C8H11FN2O2/c9-8(2-1-3-8)5-11-6(12)4-10-7(11)13/h1-5H2,(H,10,13). The van der Waals surface area contributed by atoms with Gasteiger partial charge >= 0.3 is 6.03 Å². The summed E-state index contributed by atoms with van der Waals surface area (Å²) in [4.78, 5) is 23.1. The minimum atomic E-state index is -1.31. The molecule has 13 heavy (non-hydrogen) atoms. The third-order valence-corrected chi connectivity index (χ3v) is 2.63. The summed E-state index contributed by atoms with van der Waals surface area (Å²) in [6.07, 6.45) is 1.77. The minimum absolute atomic E-state index is 0.00884. The van der Waals surface area contributed by atoms with E-state index in [0.717, 1.165) is 11.3 Å². The van der Waals surface area contributed by atoms with Crippen molar-refractivity contribution in [1.82, 2.24) is 10.2 Å². The molecular weight excluding hydrogens is 175 g/mol. The molecule has 1 aliphatic heterocycles. The van der Waals surface area contributed by atoms with Crippen LogP contribution < -0.4 is 5.32 Å². The molecule has 2 fully saturated rings. The average Bonchev–Trinajstić information content (AvgIpc) is 2.33. The van der Waals surface area contributed by atoms with Gasteiger partial charge in [-0.25, -0.2) is 9.18 Å². The summed E-state index contributed by atoms with van der Waals surface area (Å²) in [5.74, 6) is -0.325.